The Bertz CT molecular complexity index is 1070. The fourth-order valence-corrected chi connectivity index (χ4v) is 2.71. The lowest BCUT2D eigenvalue weighted by atomic mass is 9.98. The number of non-ortho nitro benzene ring substituents is 1. The molecule has 2 aromatic carbocycles. The van der Waals surface area contributed by atoms with E-state index < -0.39 is 10.5 Å². The zero-order valence-corrected chi connectivity index (χ0v) is 13.4. The monoisotopic (exact) mass is 351 g/mol. The van der Waals surface area contributed by atoms with E-state index in [9.17, 15) is 20.2 Å². The van der Waals surface area contributed by atoms with Crippen molar-refractivity contribution in [1.29, 1.82) is 5.26 Å². The number of nitro groups is 1. The van der Waals surface area contributed by atoms with Gasteiger partial charge in [0.15, 0.2) is 0 Å². The Balaban J connectivity index is 2.31. The number of nitrogens with one attached hydrogen (secondary N) is 1. The topological polar surface area (TPSA) is 99.8 Å². The molecular weight excluding hydrogens is 342 g/mol. The zero-order valence-electron chi connectivity index (χ0n) is 12.7. The summed E-state index contributed by atoms with van der Waals surface area (Å²) in [5.41, 5.74) is 0.830. The molecule has 0 saturated carbocycles. The first-order valence-corrected chi connectivity index (χ1v) is 7.56. The van der Waals surface area contributed by atoms with Crippen LogP contribution in [0.3, 0.4) is 0 Å². The van der Waals surface area contributed by atoms with Gasteiger partial charge in [-0.25, -0.2) is 0 Å². The van der Waals surface area contributed by atoms with Crippen LogP contribution in [-0.2, 0) is 0 Å². The van der Waals surface area contributed by atoms with Gasteiger partial charge < -0.3 is 4.98 Å². The Kier molecular flexibility index (Phi) is 4.33. The molecule has 122 valence electrons. The maximum Gasteiger partial charge on any atom is 0.270 e. The van der Waals surface area contributed by atoms with Crippen molar-refractivity contribution in [3.63, 3.8) is 0 Å². The van der Waals surface area contributed by atoms with E-state index in [0.29, 0.717) is 5.69 Å². The highest BCUT2D eigenvalue weighted by Crippen LogP contribution is 2.34. The normalized spacial score (nSPS) is 10.2. The smallest absolute Gasteiger partial charge is 0.270 e. The Morgan fingerprint density at radius 3 is 2.44 bits per heavy atom. The van der Waals surface area contributed by atoms with Crippen LogP contribution < -0.4 is 5.56 Å². The van der Waals surface area contributed by atoms with E-state index in [1.165, 1.54) is 18.2 Å². The fraction of sp³-hybridized carbons (Fsp3) is 0. The molecule has 1 aromatic heterocycles. The lowest BCUT2D eigenvalue weighted by Crippen LogP contribution is -2.12. The fourth-order valence-electron chi connectivity index (χ4n) is 2.49. The Hall–Kier alpha value is -3.43. The quantitative estimate of drug-likeness (QED) is 0.566. The zero-order chi connectivity index (χ0) is 18.0. The van der Waals surface area contributed by atoms with Crippen LogP contribution in [0.5, 0.6) is 0 Å². The molecule has 0 aliphatic rings. The molecule has 3 aromatic rings. The van der Waals surface area contributed by atoms with Crippen LogP contribution in [0.4, 0.5) is 5.69 Å². The SMILES string of the molecule is N#Cc1c(-c2cc([N+](=O)[O-])ccc2Cl)cc(-c2ccccc2)[nH]c1=O. The van der Waals surface area contributed by atoms with Gasteiger partial charge in [-0.3, -0.25) is 14.9 Å². The number of rotatable bonds is 3. The second-order valence-electron chi connectivity index (χ2n) is 5.20. The minimum Gasteiger partial charge on any atom is -0.321 e. The summed E-state index contributed by atoms with van der Waals surface area (Å²) in [7, 11) is 0. The minimum absolute atomic E-state index is 0.151. The largest absolute Gasteiger partial charge is 0.321 e. The van der Waals surface area contributed by atoms with Crippen LogP contribution >= 0.6 is 11.6 Å². The summed E-state index contributed by atoms with van der Waals surface area (Å²) in [6, 6.07) is 16.4. The first-order chi connectivity index (χ1) is 12.0. The van der Waals surface area contributed by atoms with E-state index in [4.69, 9.17) is 11.6 Å². The van der Waals surface area contributed by atoms with E-state index in [-0.39, 0.29) is 27.4 Å². The van der Waals surface area contributed by atoms with Crippen molar-refractivity contribution in [3.05, 3.63) is 85.7 Å². The molecule has 0 unspecified atom stereocenters. The van der Waals surface area contributed by atoms with Gasteiger partial charge in [0.05, 0.1) is 4.92 Å². The molecule has 3 rings (SSSR count). The number of hydrogen-bond acceptors (Lipinski definition) is 4. The number of hydrogen-bond donors (Lipinski definition) is 1. The van der Waals surface area contributed by atoms with E-state index in [1.807, 2.05) is 24.3 Å². The van der Waals surface area contributed by atoms with Gasteiger partial charge in [0.1, 0.15) is 11.6 Å². The summed E-state index contributed by atoms with van der Waals surface area (Å²) < 4.78 is 0. The van der Waals surface area contributed by atoms with Crippen molar-refractivity contribution in [2.45, 2.75) is 0 Å². The third kappa shape index (κ3) is 3.13. The van der Waals surface area contributed by atoms with Crippen molar-refractivity contribution in [3.8, 4) is 28.5 Å². The van der Waals surface area contributed by atoms with E-state index in [2.05, 4.69) is 4.98 Å². The van der Waals surface area contributed by atoms with Crippen molar-refractivity contribution >= 4 is 17.3 Å². The van der Waals surface area contributed by atoms with Gasteiger partial charge >= 0.3 is 0 Å². The summed E-state index contributed by atoms with van der Waals surface area (Å²) in [5, 5.41) is 20.6. The van der Waals surface area contributed by atoms with Gasteiger partial charge in [-0.2, -0.15) is 5.26 Å². The number of aromatic amines is 1. The van der Waals surface area contributed by atoms with Gasteiger partial charge in [-0.05, 0) is 17.7 Å². The van der Waals surface area contributed by atoms with Crippen LogP contribution in [0, 0.1) is 21.4 Å². The predicted octanol–water partition coefficient (Wildman–Crippen LogP) is 4.14. The summed E-state index contributed by atoms with van der Waals surface area (Å²) in [6.07, 6.45) is 0. The average molecular weight is 352 g/mol. The molecule has 7 heteroatoms. The van der Waals surface area contributed by atoms with Gasteiger partial charge in [-0.1, -0.05) is 41.9 Å². The number of nitriles is 1. The molecule has 1 heterocycles. The van der Waals surface area contributed by atoms with E-state index >= 15 is 0 Å². The predicted molar refractivity (Wildman–Crippen MR) is 94.3 cm³/mol. The van der Waals surface area contributed by atoms with Crippen LogP contribution in [0.25, 0.3) is 22.4 Å². The number of benzene rings is 2. The molecule has 6 nitrogen and oxygen atoms in total. The summed E-state index contributed by atoms with van der Waals surface area (Å²) in [5.74, 6) is 0. The number of nitrogens with zero attached hydrogens (tertiary/aromatic N) is 2. The molecule has 0 radical (unpaired) electrons. The van der Waals surface area contributed by atoms with Gasteiger partial charge in [0.2, 0.25) is 0 Å². The average Bonchev–Trinajstić information content (AvgIpc) is 2.62. The number of aromatic nitrogens is 1. The summed E-state index contributed by atoms with van der Waals surface area (Å²) in [6.45, 7) is 0. The van der Waals surface area contributed by atoms with Gasteiger partial charge in [0, 0.05) is 34.0 Å². The minimum atomic E-state index is -0.582. The molecule has 0 atom stereocenters. The first-order valence-electron chi connectivity index (χ1n) is 7.18. The molecular formula is C18H10ClN3O3. The lowest BCUT2D eigenvalue weighted by molar-refractivity contribution is -0.384. The molecule has 0 amide bonds. The molecule has 0 spiro atoms. The third-order valence-electron chi connectivity index (χ3n) is 3.68. The number of H-pyrrole nitrogens is 1. The summed E-state index contributed by atoms with van der Waals surface area (Å²) >= 11 is 6.17. The molecule has 1 N–H and O–H groups in total. The first kappa shape index (κ1) is 16.4. The maximum atomic E-state index is 12.3. The molecule has 0 bridgehead atoms. The Morgan fingerprint density at radius 2 is 1.80 bits per heavy atom. The van der Waals surface area contributed by atoms with Crippen LogP contribution in [0.15, 0.2) is 59.4 Å². The molecule has 0 saturated heterocycles. The highest BCUT2D eigenvalue weighted by molar-refractivity contribution is 6.33. The van der Waals surface area contributed by atoms with E-state index in [1.54, 1.807) is 18.2 Å². The number of nitro benzene ring substituents is 1. The van der Waals surface area contributed by atoms with Crippen molar-refractivity contribution < 1.29 is 4.92 Å². The molecule has 25 heavy (non-hydrogen) atoms. The van der Waals surface area contributed by atoms with E-state index in [0.717, 1.165) is 5.56 Å². The van der Waals surface area contributed by atoms with Crippen LogP contribution in [-0.4, -0.2) is 9.91 Å². The molecule has 0 aliphatic heterocycles. The maximum absolute atomic E-state index is 12.3. The standard InChI is InChI=1S/C18H10ClN3O3/c19-16-7-6-12(22(24)25)8-14(16)13-9-17(11-4-2-1-3-5-11)21-18(23)15(13)10-20/h1-9H,(H,21,23). The van der Waals surface area contributed by atoms with Crippen LogP contribution in [0.2, 0.25) is 5.02 Å². The lowest BCUT2D eigenvalue weighted by Gasteiger charge is -2.09. The highest BCUT2D eigenvalue weighted by Gasteiger charge is 2.17. The summed E-state index contributed by atoms with van der Waals surface area (Å²) in [4.78, 5) is 25.4. The van der Waals surface area contributed by atoms with Crippen molar-refractivity contribution in [2.24, 2.45) is 0 Å². The highest BCUT2D eigenvalue weighted by atomic mass is 35.5. The van der Waals surface area contributed by atoms with Crippen molar-refractivity contribution in [1.82, 2.24) is 4.98 Å². The van der Waals surface area contributed by atoms with Gasteiger partial charge in [0.25, 0.3) is 11.2 Å². The Labute approximate surface area is 147 Å². The third-order valence-corrected chi connectivity index (χ3v) is 4.01. The van der Waals surface area contributed by atoms with Crippen LogP contribution in [0.1, 0.15) is 5.56 Å². The second kappa shape index (κ2) is 6.59. The molecule has 0 aliphatic carbocycles. The van der Waals surface area contributed by atoms with Gasteiger partial charge in [-0.15, -0.1) is 0 Å². The number of halogens is 1. The Morgan fingerprint density at radius 1 is 1.08 bits per heavy atom. The molecule has 0 fully saturated rings. The second-order valence-corrected chi connectivity index (χ2v) is 5.61. The number of pyridine rings is 1. The van der Waals surface area contributed by atoms with Crippen molar-refractivity contribution in [2.75, 3.05) is 0 Å².